The maximum atomic E-state index is 12.1. The third-order valence-electron chi connectivity index (χ3n) is 5.29. The molecule has 156 valence electrons. The second-order valence-corrected chi connectivity index (χ2v) is 7.35. The largest absolute Gasteiger partial charge is 0.508 e. The van der Waals surface area contributed by atoms with E-state index in [0.717, 1.165) is 43.1 Å². The number of phenols is 1. The van der Waals surface area contributed by atoms with E-state index in [4.69, 9.17) is 10.5 Å². The van der Waals surface area contributed by atoms with E-state index in [9.17, 15) is 9.90 Å². The van der Waals surface area contributed by atoms with Crippen LogP contribution in [0.3, 0.4) is 0 Å². The SMILES string of the molecule is NC(=O)C1=C(NCc2ccc(O)cc2)N=NC1Cc1ccc(N2CCOCC2)cc1. The van der Waals surface area contributed by atoms with Crippen LogP contribution in [0.1, 0.15) is 11.1 Å². The van der Waals surface area contributed by atoms with Crippen LogP contribution in [-0.4, -0.2) is 43.4 Å². The zero-order valence-corrected chi connectivity index (χ0v) is 16.6. The van der Waals surface area contributed by atoms with E-state index in [0.29, 0.717) is 24.4 Å². The number of carbonyl (C=O) groups excluding carboxylic acids is 1. The number of hydrogen-bond acceptors (Lipinski definition) is 7. The van der Waals surface area contributed by atoms with E-state index in [1.54, 1.807) is 24.3 Å². The van der Waals surface area contributed by atoms with Gasteiger partial charge in [-0.15, -0.1) is 5.11 Å². The predicted molar refractivity (Wildman–Crippen MR) is 113 cm³/mol. The highest BCUT2D eigenvalue weighted by molar-refractivity contribution is 5.94. The van der Waals surface area contributed by atoms with Crippen molar-refractivity contribution < 1.29 is 14.6 Å². The second-order valence-electron chi connectivity index (χ2n) is 7.35. The molecule has 30 heavy (non-hydrogen) atoms. The zero-order chi connectivity index (χ0) is 20.9. The summed E-state index contributed by atoms with van der Waals surface area (Å²) in [5.74, 6) is 0.0877. The van der Waals surface area contributed by atoms with Gasteiger partial charge in [-0.2, -0.15) is 5.11 Å². The van der Waals surface area contributed by atoms with Crippen molar-refractivity contribution in [3.63, 3.8) is 0 Å². The summed E-state index contributed by atoms with van der Waals surface area (Å²) in [5.41, 5.74) is 9.20. The summed E-state index contributed by atoms with van der Waals surface area (Å²) < 4.78 is 5.40. The number of phenolic OH excluding ortho intramolecular Hbond substituents is 1. The molecule has 1 amide bonds. The van der Waals surface area contributed by atoms with Gasteiger partial charge in [-0.1, -0.05) is 24.3 Å². The molecule has 1 saturated heterocycles. The number of azo groups is 1. The fourth-order valence-corrected chi connectivity index (χ4v) is 3.64. The summed E-state index contributed by atoms with van der Waals surface area (Å²) in [7, 11) is 0. The molecule has 1 fully saturated rings. The Morgan fingerprint density at radius 2 is 1.77 bits per heavy atom. The monoisotopic (exact) mass is 407 g/mol. The summed E-state index contributed by atoms with van der Waals surface area (Å²) in [6, 6.07) is 14.7. The van der Waals surface area contributed by atoms with Gasteiger partial charge in [-0.25, -0.2) is 0 Å². The number of aromatic hydroxyl groups is 1. The number of morpholine rings is 1. The topological polar surface area (TPSA) is 113 Å². The average molecular weight is 407 g/mol. The van der Waals surface area contributed by atoms with Crippen LogP contribution in [0.25, 0.3) is 0 Å². The summed E-state index contributed by atoms with van der Waals surface area (Å²) in [6.07, 6.45) is 0.551. The lowest BCUT2D eigenvalue weighted by Gasteiger charge is -2.29. The molecule has 0 aliphatic carbocycles. The second kappa shape index (κ2) is 8.96. The minimum Gasteiger partial charge on any atom is -0.508 e. The number of benzene rings is 2. The molecule has 1 unspecified atom stereocenters. The Kier molecular flexibility index (Phi) is 5.94. The first-order valence-corrected chi connectivity index (χ1v) is 9.98. The highest BCUT2D eigenvalue weighted by Crippen LogP contribution is 2.25. The van der Waals surface area contributed by atoms with E-state index in [1.165, 1.54) is 0 Å². The highest BCUT2D eigenvalue weighted by atomic mass is 16.5. The van der Waals surface area contributed by atoms with Gasteiger partial charge in [-0.3, -0.25) is 4.79 Å². The normalized spacial score (nSPS) is 18.7. The van der Waals surface area contributed by atoms with Gasteiger partial charge in [0.25, 0.3) is 5.91 Å². The minimum atomic E-state index is -0.525. The number of nitrogens with two attached hydrogens (primary N) is 1. The summed E-state index contributed by atoms with van der Waals surface area (Å²) in [5, 5.41) is 21.0. The van der Waals surface area contributed by atoms with Crippen LogP contribution in [0, 0.1) is 0 Å². The maximum Gasteiger partial charge on any atom is 0.250 e. The first kappa shape index (κ1) is 19.9. The van der Waals surface area contributed by atoms with Gasteiger partial charge in [0, 0.05) is 31.7 Å². The zero-order valence-electron chi connectivity index (χ0n) is 16.6. The number of amides is 1. The van der Waals surface area contributed by atoms with Crippen molar-refractivity contribution in [1.29, 1.82) is 0 Å². The standard InChI is InChI=1S/C22H25N5O3/c23-21(29)20-19(25-26-22(20)24-14-16-3-7-18(28)8-4-16)13-15-1-5-17(6-2-15)27-9-11-30-12-10-27/h1-8,19,24,28H,9-14H2,(H2,23,29). The van der Waals surface area contributed by atoms with Crippen molar-refractivity contribution in [3.8, 4) is 5.75 Å². The Bertz CT molecular complexity index is 948. The van der Waals surface area contributed by atoms with Gasteiger partial charge in [0.1, 0.15) is 11.8 Å². The van der Waals surface area contributed by atoms with Crippen molar-refractivity contribution in [1.82, 2.24) is 5.32 Å². The lowest BCUT2D eigenvalue weighted by atomic mass is 9.99. The molecule has 4 rings (SSSR count). The average Bonchev–Trinajstić information content (AvgIpc) is 3.17. The minimum absolute atomic E-state index is 0.205. The van der Waals surface area contributed by atoms with E-state index >= 15 is 0 Å². The number of anilines is 1. The fourth-order valence-electron chi connectivity index (χ4n) is 3.64. The number of nitrogens with zero attached hydrogens (tertiary/aromatic N) is 3. The van der Waals surface area contributed by atoms with Gasteiger partial charge < -0.3 is 25.8 Å². The number of nitrogens with one attached hydrogen (secondary N) is 1. The number of carbonyl (C=O) groups is 1. The van der Waals surface area contributed by atoms with Gasteiger partial charge in [0.2, 0.25) is 0 Å². The van der Waals surface area contributed by atoms with Crippen molar-refractivity contribution >= 4 is 11.6 Å². The molecule has 8 heteroatoms. The summed E-state index contributed by atoms with van der Waals surface area (Å²) in [4.78, 5) is 14.4. The first-order valence-electron chi connectivity index (χ1n) is 9.98. The highest BCUT2D eigenvalue weighted by Gasteiger charge is 2.28. The molecule has 4 N–H and O–H groups in total. The van der Waals surface area contributed by atoms with Crippen LogP contribution < -0.4 is 16.0 Å². The van der Waals surface area contributed by atoms with Crippen molar-refractivity contribution in [2.75, 3.05) is 31.2 Å². The molecule has 0 spiro atoms. The lowest BCUT2D eigenvalue weighted by molar-refractivity contribution is -0.114. The maximum absolute atomic E-state index is 12.1. The van der Waals surface area contributed by atoms with Crippen LogP contribution in [0.2, 0.25) is 0 Å². The first-order chi connectivity index (χ1) is 14.6. The predicted octanol–water partition coefficient (Wildman–Crippen LogP) is 2.09. The Morgan fingerprint density at radius 1 is 1.10 bits per heavy atom. The van der Waals surface area contributed by atoms with Gasteiger partial charge >= 0.3 is 0 Å². The molecule has 1 atom stereocenters. The van der Waals surface area contributed by atoms with E-state index in [2.05, 4.69) is 44.7 Å². The third-order valence-corrected chi connectivity index (χ3v) is 5.29. The Balaban J connectivity index is 1.42. The molecule has 0 aromatic heterocycles. The number of ether oxygens (including phenoxy) is 1. The van der Waals surface area contributed by atoms with Crippen molar-refractivity contribution in [3.05, 3.63) is 71.1 Å². The molecular weight excluding hydrogens is 382 g/mol. The van der Waals surface area contributed by atoms with Crippen LogP contribution >= 0.6 is 0 Å². The smallest absolute Gasteiger partial charge is 0.250 e. The van der Waals surface area contributed by atoms with E-state index < -0.39 is 11.9 Å². The number of hydrogen-bond donors (Lipinski definition) is 3. The Morgan fingerprint density at radius 3 is 2.43 bits per heavy atom. The summed E-state index contributed by atoms with van der Waals surface area (Å²) >= 11 is 0. The molecule has 2 heterocycles. The fraction of sp³-hybridized carbons (Fsp3) is 0.318. The van der Waals surface area contributed by atoms with Crippen LogP contribution in [0.15, 0.2) is 70.2 Å². The molecule has 2 aromatic rings. The number of primary amides is 1. The van der Waals surface area contributed by atoms with Crippen molar-refractivity contribution in [2.24, 2.45) is 16.0 Å². The molecule has 8 nitrogen and oxygen atoms in total. The lowest BCUT2D eigenvalue weighted by Crippen LogP contribution is -2.36. The molecule has 2 aliphatic heterocycles. The molecule has 0 bridgehead atoms. The molecule has 2 aliphatic rings. The van der Waals surface area contributed by atoms with Gasteiger partial charge in [0.15, 0.2) is 5.82 Å². The van der Waals surface area contributed by atoms with Gasteiger partial charge in [0.05, 0.1) is 18.8 Å². The Labute approximate surface area is 175 Å². The van der Waals surface area contributed by atoms with Gasteiger partial charge in [-0.05, 0) is 35.4 Å². The molecule has 2 aromatic carbocycles. The van der Waals surface area contributed by atoms with Crippen molar-refractivity contribution in [2.45, 2.75) is 19.0 Å². The molecule has 0 radical (unpaired) electrons. The Hall–Kier alpha value is -3.39. The quantitative estimate of drug-likeness (QED) is 0.651. The van der Waals surface area contributed by atoms with Crippen LogP contribution in [0.5, 0.6) is 5.75 Å². The van der Waals surface area contributed by atoms with Crippen LogP contribution in [0.4, 0.5) is 5.69 Å². The molecular formula is C22H25N5O3. The number of rotatable bonds is 7. The van der Waals surface area contributed by atoms with Crippen LogP contribution in [-0.2, 0) is 22.5 Å². The third kappa shape index (κ3) is 4.60. The summed E-state index contributed by atoms with van der Waals surface area (Å²) in [6.45, 7) is 3.72. The van der Waals surface area contributed by atoms with E-state index in [1.807, 2.05) is 0 Å². The molecule has 0 saturated carbocycles. The van der Waals surface area contributed by atoms with E-state index in [-0.39, 0.29) is 5.75 Å².